The third-order valence-corrected chi connectivity index (χ3v) is 3.51. The monoisotopic (exact) mass is 328 g/mol. The fourth-order valence-corrected chi connectivity index (χ4v) is 1.91. The van der Waals surface area contributed by atoms with Gasteiger partial charge in [-0.05, 0) is 48.3 Å². The number of fused-ring (bicyclic) bond motifs is 1. The van der Waals surface area contributed by atoms with Gasteiger partial charge in [0.15, 0.2) is 11.6 Å². The summed E-state index contributed by atoms with van der Waals surface area (Å²) < 4.78 is 11.6. The van der Waals surface area contributed by atoms with E-state index >= 15 is 0 Å². The van der Waals surface area contributed by atoms with Gasteiger partial charge in [-0.15, -0.1) is 0 Å². The average molecular weight is 329 g/mol. The molecular weight excluding hydrogens is 312 g/mol. The molecule has 1 aliphatic rings. The van der Waals surface area contributed by atoms with Crippen molar-refractivity contribution in [3.05, 3.63) is 16.7 Å². The van der Waals surface area contributed by atoms with Crippen LogP contribution in [0.25, 0.3) is 0 Å². The third-order valence-electron chi connectivity index (χ3n) is 3.07. The first kappa shape index (κ1) is 14.1. The maximum atomic E-state index is 12.2. The Labute approximate surface area is 121 Å². The van der Waals surface area contributed by atoms with Gasteiger partial charge in [-0.3, -0.25) is 4.90 Å². The highest BCUT2D eigenvalue weighted by Gasteiger charge is 2.30. The van der Waals surface area contributed by atoms with E-state index in [2.05, 4.69) is 20.9 Å². The summed E-state index contributed by atoms with van der Waals surface area (Å²) in [7, 11) is 0. The minimum absolute atomic E-state index is 0.387. The number of nitrogens with zero attached hydrogens (tertiary/aromatic N) is 2. The molecular formula is C13H17BrN2O3. The van der Waals surface area contributed by atoms with E-state index in [1.165, 1.54) is 4.90 Å². The summed E-state index contributed by atoms with van der Waals surface area (Å²) in [5.41, 5.74) is -0.485. The SMILES string of the molecule is CCC(C)(C)OC(=O)N1CCOc2ccc(Br)nc21. The highest BCUT2D eigenvalue weighted by atomic mass is 79.9. The highest BCUT2D eigenvalue weighted by Crippen LogP contribution is 2.32. The van der Waals surface area contributed by atoms with Crippen molar-refractivity contribution in [1.29, 1.82) is 0 Å². The van der Waals surface area contributed by atoms with Gasteiger partial charge in [-0.2, -0.15) is 0 Å². The molecule has 2 rings (SSSR count). The molecule has 0 aliphatic carbocycles. The van der Waals surface area contributed by atoms with E-state index in [-0.39, 0.29) is 6.09 Å². The molecule has 19 heavy (non-hydrogen) atoms. The molecule has 1 aliphatic heterocycles. The smallest absolute Gasteiger partial charge is 0.416 e. The third kappa shape index (κ3) is 3.18. The van der Waals surface area contributed by atoms with Crippen LogP contribution in [0, 0.1) is 0 Å². The molecule has 0 saturated carbocycles. The lowest BCUT2D eigenvalue weighted by Crippen LogP contribution is -2.42. The molecule has 0 radical (unpaired) electrons. The van der Waals surface area contributed by atoms with Gasteiger partial charge in [-0.1, -0.05) is 6.92 Å². The number of rotatable bonds is 2. The zero-order valence-electron chi connectivity index (χ0n) is 11.3. The van der Waals surface area contributed by atoms with Crippen LogP contribution >= 0.6 is 15.9 Å². The van der Waals surface area contributed by atoms with Crippen molar-refractivity contribution in [2.24, 2.45) is 0 Å². The van der Waals surface area contributed by atoms with E-state index in [0.29, 0.717) is 29.3 Å². The van der Waals surface area contributed by atoms with Gasteiger partial charge in [0, 0.05) is 0 Å². The second-order valence-corrected chi connectivity index (χ2v) is 5.75. The predicted molar refractivity (Wildman–Crippen MR) is 75.6 cm³/mol. The van der Waals surface area contributed by atoms with Crippen LogP contribution in [-0.4, -0.2) is 29.8 Å². The predicted octanol–water partition coefficient (Wildman–Crippen LogP) is 3.37. The van der Waals surface area contributed by atoms with Crippen molar-refractivity contribution < 1.29 is 14.3 Å². The number of aromatic nitrogens is 1. The molecule has 0 N–H and O–H groups in total. The molecule has 0 fully saturated rings. The summed E-state index contributed by atoms with van der Waals surface area (Å²) in [6, 6.07) is 3.57. The van der Waals surface area contributed by atoms with E-state index < -0.39 is 5.60 Å². The summed E-state index contributed by atoms with van der Waals surface area (Å²) in [5, 5.41) is 0. The molecule has 0 spiro atoms. The minimum Gasteiger partial charge on any atom is -0.488 e. The fraction of sp³-hybridized carbons (Fsp3) is 0.538. The molecule has 5 nitrogen and oxygen atoms in total. The Morgan fingerprint density at radius 3 is 3.00 bits per heavy atom. The summed E-state index contributed by atoms with van der Waals surface area (Å²) in [4.78, 5) is 18.0. The molecule has 1 aromatic heterocycles. The van der Waals surface area contributed by atoms with Crippen LogP contribution in [0.4, 0.5) is 10.6 Å². The summed E-state index contributed by atoms with van der Waals surface area (Å²) in [6.07, 6.45) is 0.365. The first-order valence-electron chi connectivity index (χ1n) is 6.23. The maximum Gasteiger partial charge on any atom is 0.416 e. The molecule has 0 bridgehead atoms. The van der Waals surface area contributed by atoms with Gasteiger partial charge < -0.3 is 9.47 Å². The lowest BCUT2D eigenvalue weighted by atomic mass is 10.1. The molecule has 2 heterocycles. The van der Waals surface area contributed by atoms with Crippen LogP contribution < -0.4 is 9.64 Å². The van der Waals surface area contributed by atoms with Gasteiger partial charge in [0.05, 0.1) is 6.54 Å². The van der Waals surface area contributed by atoms with Crippen molar-refractivity contribution >= 4 is 27.8 Å². The topological polar surface area (TPSA) is 51.7 Å². The number of hydrogen-bond donors (Lipinski definition) is 0. The van der Waals surface area contributed by atoms with Crippen LogP contribution in [0.3, 0.4) is 0 Å². The molecule has 1 amide bonds. The summed E-state index contributed by atoms with van der Waals surface area (Å²) in [5.74, 6) is 1.10. The second-order valence-electron chi connectivity index (χ2n) is 4.94. The Balaban J connectivity index is 2.23. The molecule has 1 aromatic rings. The first-order valence-corrected chi connectivity index (χ1v) is 7.02. The first-order chi connectivity index (χ1) is 8.93. The minimum atomic E-state index is -0.485. The molecule has 6 heteroatoms. The van der Waals surface area contributed by atoms with Crippen LogP contribution in [0.15, 0.2) is 16.7 Å². The Kier molecular flexibility index (Phi) is 3.99. The van der Waals surface area contributed by atoms with Gasteiger partial charge in [0.25, 0.3) is 0 Å². The standard InChI is InChI=1S/C13H17BrN2O3/c1-4-13(2,3)19-12(17)16-7-8-18-9-5-6-10(14)15-11(9)16/h5-6H,4,7-8H2,1-3H3. The van der Waals surface area contributed by atoms with Crippen LogP contribution in [0.1, 0.15) is 27.2 Å². The van der Waals surface area contributed by atoms with Gasteiger partial charge in [0.2, 0.25) is 0 Å². The zero-order valence-corrected chi connectivity index (χ0v) is 12.9. The fourth-order valence-electron chi connectivity index (χ4n) is 1.61. The van der Waals surface area contributed by atoms with Crippen LogP contribution in [0.2, 0.25) is 0 Å². The van der Waals surface area contributed by atoms with E-state index in [0.717, 1.165) is 6.42 Å². The van der Waals surface area contributed by atoms with Crippen molar-refractivity contribution in [2.45, 2.75) is 32.8 Å². The lowest BCUT2D eigenvalue weighted by molar-refractivity contribution is 0.0400. The number of amides is 1. The number of carbonyl (C=O) groups is 1. The van der Waals surface area contributed by atoms with Crippen molar-refractivity contribution in [3.63, 3.8) is 0 Å². The van der Waals surface area contributed by atoms with Gasteiger partial charge in [-0.25, -0.2) is 9.78 Å². The van der Waals surface area contributed by atoms with Crippen molar-refractivity contribution in [1.82, 2.24) is 4.98 Å². The summed E-state index contributed by atoms with van der Waals surface area (Å²) in [6.45, 7) is 6.64. The molecule has 0 saturated heterocycles. The number of hydrogen-bond acceptors (Lipinski definition) is 4. The number of carbonyl (C=O) groups excluding carboxylic acids is 1. The van der Waals surface area contributed by atoms with E-state index in [1.54, 1.807) is 12.1 Å². The Bertz CT molecular complexity index is 491. The highest BCUT2D eigenvalue weighted by molar-refractivity contribution is 9.10. The molecule has 0 atom stereocenters. The maximum absolute atomic E-state index is 12.2. The Morgan fingerprint density at radius 1 is 1.58 bits per heavy atom. The largest absolute Gasteiger partial charge is 0.488 e. The summed E-state index contributed by atoms with van der Waals surface area (Å²) >= 11 is 3.30. The van der Waals surface area contributed by atoms with Crippen LogP contribution in [0.5, 0.6) is 5.75 Å². The number of anilines is 1. The quantitative estimate of drug-likeness (QED) is 0.781. The number of ether oxygens (including phenoxy) is 2. The zero-order chi connectivity index (χ0) is 14.0. The lowest BCUT2D eigenvalue weighted by Gasteiger charge is -2.31. The van der Waals surface area contributed by atoms with E-state index in [1.807, 2.05) is 20.8 Å². The van der Waals surface area contributed by atoms with E-state index in [4.69, 9.17) is 9.47 Å². The Hall–Kier alpha value is -1.30. The molecule has 0 unspecified atom stereocenters. The van der Waals surface area contributed by atoms with Crippen molar-refractivity contribution in [2.75, 3.05) is 18.1 Å². The van der Waals surface area contributed by atoms with Crippen molar-refractivity contribution in [3.8, 4) is 5.75 Å². The second kappa shape index (κ2) is 5.36. The van der Waals surface area contributed by atoms with Gasteiger partial charge in [0.1, 0.15) is 16.8 Å². The molecule has 104 valence electrons. The van der Waals surface area contributed by atoms with Crippen LogP contribution in [-0.2, 0) is 4.74 Å². The number of halogens is 1. The number of pyridine rings is 1. The molecule has 0 aromatic carbocycles. The van der Waals surface area contributed by atoms with Gasteiger partial charge >= 0.3 is 6.09 Å². The Morgan fingerprint density at radius 2 is 2.32 bits per heavy atom. The average Bonchev–Trinajstić information content (AvgIpc) is 2.37. The normalized spacial score (nSPS) is 14.6. The van der Waals surface area contributed by atoms with E-state index in [9.17, 15) is 4.79 Å².